The van der Waals surface area contributed by atoms with E-state index in [1.807, 2.05) is 18.2 Å². The van der Waals surface area contributed by atoms with Crippen molar-refractivity contribution in [2.75, 3.05) is 6.54 Å². The number of nitrogens with one attached hydrogen (secondary N) is 1. The number of rotatable bonds is 10. The summed E-state index contributed by atoms with van der Waals surface area (Å²) in [7, 11) is 0. The lowest BCUT2D eigenvalue weighted by atomic mass is 10.1. The van der Waals surface area contributed by atoms with E-state index < -0.39 is 0 Å². The van der Waals surface area contributed by atoms with Crippen LogP contribution in [0.5, 0.6) is 0 Å². The molecule has 3 heteroatoms. The van der Waals surface area contributed by atoms with Crippen molar-refractivity contribution in [2.24, 2.45) is 0 Å². The lowest BCUT2D eigenvalue weighted by Crippen LogP contribution is -2.22. The first kappa shape index (κ1) is 16.1. The Morgan fingerprint density at radius 3 is 2.80 bits per heavy atom. The minimum atomic E-state index is -0.243. The van der Waals surface area contributed by atoms with Gasteiger partial charge in [-0.05, 0) is 18.9 Å². The molecule has 1 aromatic rings. The lowest BCUT2D eigenvalue weighted by molar-refractivity contribution is 0.0930. The van der Waals surface area contributed by atoms with Crippen molar-refractivity contribution in [3.05, 3.63) is 48.5 Å². The van der Waals surface area contributed by atoms with E-state index in [2.05, 4.69) is 30.6 Å². The molecular weight excluding hydrogens is 250 g/mol. The van der Waals surface area contributed by atoms with Gasteiger partial charge in [-0.2, -0.15) is 0 Å². The van der Waals surface area contributed by atoms with Crippen molar-refractivity contribution in [2.45, 2.75) is 45.4 Å². The highest BCUT2D eigenvalue weighted by Crippen LogP contribution is 2.05. The molecule has 0 fully saturated rings. The summed E-state index contributed by atoms with van der Waals surface area (Å²) in [5.41, 5.74) is 0. The molecule has 1 rings (SSSR count). The summed E-state index contributed by atoms with van der Waals surface area (Å²) in [4.78, 5) is 11.5. The first-order valence-corrected chi connectivity index (χ1v) is 7.32. The number of hydrogen-bond donors (Lipinski definition) is 1. The zero-order valence-electron chi connectivity index (χ0n) is 12.2. The van der Waals surface area contributed by atoms with Crippen LogP contribution in [0.4, 0.5) is 0 Å². The first-order valence-electron chi connectivity index (χ1n) is 7.32. The molecule has 3 nitrogen and oxygen atoms in total. The van der Waals surface area contributed by atoms with E-state index in [9.17, 15) is 4.79 Å². The molecular formula is C17H23NO2. The van der Waals surface area contributed by atoms with Gasteiger partial charge in [0.15, 0.2) is 0 Å². The maximum atomic E-state index is 11.5. The minimum Gasteiger partial charge on any atom is -0.401 e. The number of allylic oxidation sites excluding steroid dienone is 3. The smallest absolute Gasteiger partial charge is 0.289 e. The molecule has 1 amide bonds. The normalized spacial score (nSPS) is 11.1. The van der Waals surface area contributed by atoms with Crippen LogP contribution in [0.1, 0.15) is 56.0 Å². The maximum Gasteiger partial charge on any atom is 0.289 e. The van der Waals surface area contributed by atoms with Gasteiger partial charge in [-0.15, -0.1) is 0 Å². The van der Waals surface area contributed by atoms with Crippen LogP contribution in [0.15, 0.2) is 34.8 Å². The van der Waals surface area contributed by atoms with Crippen LogP contribution in [-0.2, 0) is 0 Å². The highest BCUT2D eigenvalue weighted by atomic mass is 16.3. The molecule has 0 saturated heterocycles. The molecule has 0 aliphatic heterocycles. The highest BCUT2D eigenvalue weighted by molar-refractivity contribution is 5.91. The van der Waals surface area contributed by atoms with Crippen molar-refractivity contribution in [3.8, 4) is 0 Å². The Kier molecular flexibility index (Phi) is 8.80. The molecule has 0 aliphatic carbocycles. The third-order valence-electron chi connectivity index (χ3n) is 2.89. The summed E-state index contributed by atoms with van der Waals surface area (Å²) < 4.78 is 4.82. The van der Waals surface area contributed by atoms with Crippen molar-refractivity contribution < 1.29 is 9.21 Å². The number of unbranched alkanes of at least 4 members (excludes halogenated alkanes) is 5. The van der Waals surface area contributed by atoms with Gasteiger partial charge in [0, 0.05) is 12.6 Å². The third-order valence-corrected chi connectivity index (χ3v) is 2.89. The number of amides is 1. The Bertz CT molecular complexity index is 405. The monoisotopic (exact) mass is 273 g/mol. The predicted octanol–water partition coefficient (Wildman–Crippen LogP) is 4.08. The van der Waals surface area contributed by atoms with E-state index in [4.69, 9.17) is 4.42 Å². The molecule has 0 unspecified atom stereocenters. The van der Waals surface area contributed by atoms with Gasteiger partial charge in [0.1, 0.15) is 6.26 Å². The molecule has 1 heterocycles. The quantitative estimate of drug-likeness (QED) is 0.515. The fourth-order valence-electron chi connectivity index (χ4n) is 1.75. The van der Waals surface area contributed by atoms with E-state index in [0.717, 1.165) is 6.42 Å². The van der Waals surface area contributed by atoms with Crippen molar-refractivity contribution in [3.63, 3.8) is 0 Å². The zero-order chi connectivity index (χ0) is 14.5. The van der Waals surface area contributed by atoms with Crippen molar-refractivity contribution >= 4 is 5.91 Å². The van der Waals surface area contributed by atoms with Crippen molar-refractivity contribution in [1.82, 2.24) is 5.32 Å². The topological polar surface area (TPSA) is 42.2 Å². The average Bonchev–Trinajstić information content (AvgIpc) is 2.99. The van der Waals surface area contributed by atoms with Crippen LogP contribution in [0.2, 0.25) is 0 Å². The van der Waals surface area contributed by atoms with Crippen molar-refractivity contribution in [1.29, 1.82) is 0 Å². The average molecular weight is 273 g/mol. The van der Waals surface area contributed by atoms with Gasteiger partial charge in [-0.1, -0.05) is 56.9 Å². The Balaban J connectivity index is 2.00. The molecule has 0 bridgehead atoms. The van der Waals surface area contributed by atoms with Gasteiger partial charge < -0.3 is 9.73 Å². The number of carbonyl (C=O) groups is 1. The molecule has 108 valence electrons. The van der Waals surface area contributed by atoms with E-state index in [1.165, 1.54) is 38.2 Å². The highest BCUT2D eigenvalue weighted by Gasteiger charge is 2.05. The van der Waals surface area contributed by atoms with Crippen LogP contribution in [0, 0.1) is 12.3 Å². The Labute approximate surface area is 121 Å². The second-order valence-corrected chi connectivity index (χ2v) is 4.63. The third kappa shape index (κ3) is 7.48. The fraction of sp³-hybridized carbons (Fsp3) is 0.471. The SMILES string of the molecule is CCCCCCC/C=C/C=C/CNC(=O)c1cc#co1. The van der Waals surface area contributed by atoms with Gasteiger partial charge in [-0.3, -0.25) is 4.79 Å². The molecule has 0 aromatic carbocycles. The Morgan fingerprint density at radius 1 is 1.25 bits per heavy atom. The summed E-state index contributed by atoms with van der Waals surface area (Å²) in [6, 6.07) is 4.04. The summed E-state index contributed by atoms with van der Waals surface area (Å²) in [6.07, 6.45) is 18.1. The van der Waals surface area contributed by atoms with E-state index in [0.29, 0.717) is 6.54 Å². The van der Waals surface area contributed by atoms with Gasteiger partial charge in [-0.25, -0.2) is 0 Å². The standard InChI is InChI=1S/C17H23NO2/c1-2-3-4-5-6-7-8-9-10-11-14-18-17(19)16-13-12-15-20-16/h8-11,13H,2-7,14H2,1H3,(H,18,19)/b9-8+,11-10+. The molecule has 0 saturated carbocycles. The van der Waals surface area contributed by atoms with Gasteiger partial charge in [0.2, 0.25) is 5.76 Å². The summed E-state index contributed by atoms with van der Waals surface area (Å²) >= 11 is 0. The lowest BCUT2D eigenvalue weighted by Gasteiger charge is -1.96. The van der Waals surface area contributed by atoms with Crippen LogP contribution < -0.4 is 5.32 Å². The first-order chi connectivity index (χ1) is 9.84. The Morgan fingerprint density at radius 2 is 2.05 bits per heavy atom. The summed E-state index contributed by atoms with van der Waals surface area (Å²) in [5.74, 6) is -0.00641. The largest absolute Gasteiger partial charge is 0.401 e. The molecule has 0 aliphatic rings. The molecule has 1 aromatic heterocycles. The van der Waals surface area contributed by atoms with Crippen LogP contribution in [0.25, 0.3) is 0 Å². The molecule has 0 spiro atoms. The van der Waals surface area contributed by atoms with Gasteiger partial charge >= 0.3 is 0 Å². The van der Waals surface area contributed by atoms with Crippen LogP contribution in [-0.4, -0.2) is 12.5 Å². The molecule has 0 atom stereocenters. The second kappa shape index (κ2) is 10.9. The molecule has 20 heavy (non-hydrogen) atoms. The van der Waals surface area contributed by atoms with E-state index in [1.54, 1.807) is 0 Å². The maximum absolute atomic E-state index is 11.5. The second-order valence-electron chi connectivity index (χ2n) is 4.63. The summed E-state index contributed by atoms with van der Waals surface area (Å²) in [6.45, 7) is 2.71. The van der Waals surface area contributed by atoms with Crippen LogP contribution in [0.3, 0.4) is 0 Å². The zero-order valence-corrected chi connectivity index (χ0v) is 12.2. The molecule has 0 radical (unpaired) electrons. The number of hydrogen-bond acceptors (Lipinski definition) is 2. The summed E-state index contributed by atoms with van der Waals surface area (Å²) in [5, 5.41) is 2.72. The van der Waals surface area contributed by atoms with Crippen LogP contribution >= 0.6 is 0 Å². The fourth-order valence-corrected chi connectivity index (χ4v) is 1.75. The van der Waals surface area contributed by atoms with Gasteiger partial charge in [0.25, 0.3) is 5.91 Å². The number of carbonyl (C=O) groups excluding carboxylic acids is 1. The molecule has 1 N–H and O–H groups in total. The predicted molar refractivity (Wildman–Crippen MR) is 80.4 cm³/mol. The van der Waals surface area contributed by atoms with E-state index >= 15 is 0 Å². The van der Waals surface area contributed by atoms with Gasteiger partial charge in [0.05, 0.1) is 0 Å². The van der Waals surface area contributed by atoms with E-state index in [-0.39, 0.29) is 11.7 Å². The Hall–Kier alpha value is -1.95. The minimum absolute atomic E-state index is 0.237.